The number of anilines is 2. The van der Waals surface area contributed by atoms with E-state index in [4.69, 9.17) is 35.3 Å². The number of fused-ring (bicyclic) bond motifs is 18. The van der Waals surface area contributed by atoms with Crippen LogP contribution < -0.4 is 19.0 Å². The Morgan fingerprint density at radius 1 is 0.411 bits per heavy atom. The summed E-state index contributed by atoms with van der Waals surface area (Å²) >= 11 is 0. The van der Waals surface area contributed by atoms with Crippen LogP contribution in [0.2, 0.25) is 0 Å². The molecule has 0 fully saturated rings. The number of hydrogen-bond acceptors (Lipinski definition) is 16. The van der Waals surface area contributed by atoms with Crippen molar-refractivity contribution in [1.82, 2.24) is 34.4 Å². The molecule has 0 bridgehead atoms. The summed E-state index contributed by atoms with van der Waals surface area (Å²) in [5, 5.41) is 6.71. The first kappa shape index (κ1) is 58.5. The molecule has 0 saturated heterocycles. The molecule has 95 heavy (non-hydrogen) atoms. The standard InChI is InChI=1S/2C20H19N3O2.C19H16N3O2.C17H15N2O2/c1-11-5-7-14-17(16(11)23-10-9-22(4)13(23)3)24-19-15-8-6-12(2)21-20(15)25-18(14)19;1-11-9-15-17(10-16(11)23-8-7-22(4)13(23)3)24-18-14-6-5-12(2)21-20(14)25-19(15)18;1-11-9-14-16(10-15(11)22-8-4-7-21(22)3)23-17-13-6-5-12(2)20-19(13)24-18(14)17;1-10-7-8-12-15-17(20-11(2)18-15)21-16(12)14(10)13-6-4-5-9-19(13)3/h2*5-10,13H,1-4H3;4-10H,1-3H3;4-9H,1-3H3/q;;2*+1/t2*13-;;/m00../s1. The topological polar surface area (TPSA) is 182 Å². The van der Waals surface area contributed by atoms with Crippen molar-refractivity contribution < 1.29 is 44.6 Å². The molecule has 2 aliphatic rings. The minimum Gasteiger partial charge on any atom is -0.452 e. The lowest BCUT2D eigenvalue weighted by Gasteiger charge is -2.28. The molecule has 0 aliphatic carbocycles. The van der Waals surface area contributed by atoms with Crippen LogP contribution in [0.4, 0.5) is 11.4 Å². The molecule has 19 nitrogen and oxygen atoms in total. The van der Waals surface area contributed by atoms with Gasteiger partial charge in [-0.2, -0.15) is 0 Å². The van der Waals surface area contributed by atoms with E-state index in [2.05, 4.69) is 178 Å². The van der Waals surface area contributed by atoms with Gasteiger partial charge in [0.15, 0.2) is 75.5 Å². The third kappa shape index (κ3) is 9.53. The summed E-state index contributed by atoms with van der Waals surface area (Å²) in [6.07, 6.45) is 15.0. The number of oxazole rings is 1. The smallest absolute Gasteiger partial charge is 0.319 e. The van der Waals surface area contributed by atoms with Gasteiger partial charge in [0.1, 0.15) is 36.2 Å². The second kappa shape index (κ2) is 22.0. The Labute approximate surface area is 544 Å². The van der Waals surface area contributed by atoms with E-state index < -0.39 is 0 Å². The fourth-order valence-corrected chi connectivity index (χ4v) is 13.3. The third-order valence-corrected chi connectivity index (χ3v) is 18.6. The van der Waals surface area contributed by atoms with Gasteiger partial charge in [-0.3, -0.25) is 0 Å². The zero-order valence-electron chi connectivity index (χ0n) is 55.3. The van der Waals surface area contributed by atoms with Gasteiger partial charge in [0.05, 0.1) is 55.2 Å². The predicted octanol–water partition coefficient (Wildman–Crippen LogP) is 17.5. The molecular weight excluding hydrogens is 1190 g/mol. The second-order valence-corrected chi connectivity index (χ2v) is 25.1. The predicted molar refractivity (Wildman–Crippen MR) is 370 cm³/mol. The Morgan fingerprint density at radius 3 is 1.48 bits per heavy atom. The van der Waals surface area contributed by atoms with E-state index in [0.29, 0.717) is 28.8 Å². The summed E-state index contributed by atoms with van der Waals surface area (Å²) in [7, 11) is 8.20. The molecule has 17 aromatic rings. The Kier molecular flexibility index (Phi) is 13.6. The highest BCUT2D eigenvalue weighted by molar-refractivity contribution is 6.16. The molecular formula is C76H69N11O8+2. The molecule has 19 heteroatoms. The maximum Gasteiger partial charge on any atom is 0.319 e. The average molecular weight is 1260 g/mol. The van der Waals surface area contributed by atoms with Crippen LogP contribution in [0.25, 0.3) is 139 Å². The lowest BCUT2D eigenvalue weighted by molar-refractivity contribution is -0.744. The quantitative estimate of drug-likeness (QED) is 0.152. The van der Waals surface area contributed by atoms with Crippen molar-refractivity contribution >= 4 is 133 Å². The summed E-state index contributed by atoms with van der Waals surface area (Å²) in [6, 6.07) is 36.9. The van der Waals surface area contributed by atoms with Crippen molar-refractivity contribution in [3.63, 3.8) is 0 Å². The molecule has 0 spiro atoms. The van der Waals surface area contributed by atoms with Crippen LogP contribution in [0.5, 0.6) is 0 Å². The SMILES string of the molecule is Cc1ccc2c(n1)oc1c3cc(C)c(-n4ccc[n+]4C)cc3oc21.Cc1ccc2c(n1)oc1c3cc(C)c(N4C=CN(C)[C@@H]4C)cc3oc21.Cc1ccc2c(n1)oc1c3ccc(C)c(N4C=CN(C)[C@@H]4C)c3oc21.Cc1nc2c(o1)oc1c(-c3cccc[n+]3C)c(C)ccc12. The first-order chi connectivity index (χ1) is 45.8. The van der Waals surface area contributed by atoms with E-state index in [1.807, 2.05) is 126 Å². The number of pyridine rings is 4. The maximum absolute atomic E-state index is 6.33. The molecule has 13 aromatic heterocycles. The number of aromatic nitrogens is 7. The van der Waals surface area contributed by atoms with E-state index in [1.54, 1.807) is 0 Å². The van der Waals surface area contributed by atoms with Gasteiger partial charge >= 0.3 is 5.78 Å². The number of benzene rings is 4. The van der Waals surface area contributed by atoms with Crippen molar-refractivity contribution in [3.05, 3.63) is 198 Å². The first-order valence-corrected chi connectivity index (χ1v) is 31.7. The molecule has 4 aromatic carbocycles. The molecule has 0 amide bonds. The minimum absolute atomic E-state index is 0.238. The Hall–Kier alpha value is -11.6. The highest BCUT2D eigenvalue weighted by Gasteiger charge is 2.30. The van der Waals surface area contributed by atoms with Crippen LogP contribution >= 0.6 is 0 Å². The van der Waals surface area contributed by atoms with E-state index in [-0.39, 0.29) is 12.3 Å². The number of rotatable bonds is 4. The monoisotopic (exact) mass is 1260 g/mol. The van der Waals surface area contributed by atoms with E-state index in [0.717, 1.165) is 156 Å². The van der Waals surface area contributed by atoms with Gasteiger partial charge in [-0.1, -0.05) is 12.1 Å². The highest BCUT2D eigenvalue weighted by atomic mass is 16.5. The molecule has 0 saturated carbocycles. The van der Waals surface area contributed by atoms with Gasteiger partial charge in [0.25, 0.3) is 0 Å². The van der Waals surface area contributed by atoms with Crippen molar-refractivity contribution in [2.24, 2.45) is 14.1 Å². The van der Waals surface area contributed by atoms with Crippen LogP contribution in [-0.2, 0) is 14.1 Å². The zero-order valence-corrected chi connectivity index (χ0v) is 55.3. The van der Waals surface area contributed by atoms with Crippen molar-refractivity contribution in [3.8, 4) is 16.9 Å². The van der Waals surface area contributed by atoms with Gasteiger partial charge in [0.2, 0.25) is 22.8 Å². The largest absolute Gasteiger partial charge is 0.452 e. The maximum atomic E-state index is 6.33. The van der Waals surface area contributed by atoms with Crippen LogP contribution in [0.1, 0.15) is 59.1 Å². The highest BCUT2D eigenvalue weighted by Crippen LogP contribution is 2.45. The van der Waals surface area contributed by atoms with Crippen LogP contribution in [0, 0.1) is 55.4 Å². The lowest BCUT2D eigenvalue weighted by atomic mass is 10.0. The number of furan rings is 7. The molecule has 19 rings (SSSR count). The molecule has 15 heterocycles. The van der Waals surface area contributed by atoms with Gasteiger partial charge in [-0.05, 0) is 151 Å². The fourth-order valence-electron chi connectivity index (χ4n) is 13.3. The molecule has 0 radical (unpaired) electrons. The molecule has 0 unspecified atom stereocenters. The van der Waals surface area contributed by atoms with Gasteiger partial charge in [-0.15, -0.1) is 9.36 Å². The van der Waals surface area contributed by atoms with Crippen molar-refractivity contribution in [1.29, 1.82) is 0 Å². The summed E-state index contributed by atoms with van der Waals surface area (Å²) < 4.78 is 54.3. The van der Waals surface area contributed by atoms with Crippen LogP contribution in [-0.4, -0.2) is 60.8 Å². The Balaban J connectivity index is 0.000000100. The normalized spacial score (nSPS) is 14.9. The fraction of sp³-hybridized carbons (Fsp3) is 0.211. The zero-order chi connectivity index (χ0) is 65.6. The molecule has 474 valence electrons. The molecule has 0 N–H and O–H groups in total. The van der Waals surface area contributed by atoms with E-state index in [9.17, 15) is 0 Å². The second-order valence-electron chi connectivity index (χ2n) is 25.1. The third-order valence-electron chi connectivity index (χ3n) is 18.6. The summed E-state index contributed by atoms with van der Waals surface area (Å²) in [4.78, 5) is 26.7. The Bertz CT molecular complexity index is 6020. The average Bonchev–Trinajstić information content (AvgIpc) is 1.61. The van der Waals surface area contributed by atoms with Crippen LogP contribution in [0.15, 0.2) is 188 Å². The van der Waals surface area contributed by atoms with Crippen LogP contribution in [0.3, 0.4) is 0 Å². The number of nitrogens with zero attached hydrogens (tertiary/aromatic N) is 11. The lowest BCUT2D eigenvalue weighted by Crippen LogP contribution is -2.36. The van der Waals surface area contributed by atoms with E-state index >= 15 is 0 Å². The van der Waals surface area contributed by atoms with E-state index in [1.165, 1.54) is 11.1 Å². The van der Waals surface area contributed by atoms with Gasteiger partial charge in [-0.25, -0.2) is 24.5 Å². The van der Waals surface area contributed by atoms with Gasteiger partial charge < -0.3 is 54.9 Å². The summed E-state index contributed by atoms with van der Waals surface area (Å²) in [6.45, 7) is 20.5. The van der Waals surface area contributed by atoms with Crippen molar-refractivity contribution in [2.45, 2.75) is 81.6 Å². The summed E-state index contributed by atoms with van der Waals surface area (Å²) in [5.41, 5.74) is 23.7. The van der Waals surface area contributed by atoms with Crippen molar-refractivity contribution in [2.75, 3.05) is 23.9 Å². The first-order valence-electron chi connectivity index (χ1n) is 31.7. The number of hydrogen-bond donors (Lipinski definition) is 0. The number of aryl methyl sites for hydroxylation is 10. The molecule has 2 aliphatic heterocycles. The van der Waals surface area contributed by atoms with Gasteiger partial charge in [0, 0.05) is 98.9 Å². The minimum atomic E-state index is 0.238. The molecule has 2 atom stereocenters. The Morgan fingerprint density at radius 2 is 0.926 bits per heavy atom. The summed E-state index contributed by atoms with van der Waals surface area (Å²) in [5.74, 6) is 1.12.